The number of carbonyl (C=O) groups is 5. The van der Waals surface area contributed by atoms with Crippen molar-refractivity contribution in [2.45, 2.75) is 64.7 Å². The molecule has 1 aromatic rings. The Labute approximate surface area is 240 Å². The highest BCUT2D eigenvalue weighted by molar-refractivity contribution is 7.79. The van der Waals surface area contributed by atoms with E-state index in [1.807, 2.05) is 0 Å². The minimum Gasteiger partial charge on any atom is -0.347 e. The summed E-state index contributed by atoms with van der Waals surface area (Å²) in [6.45, 7) is 6.01. The number of aldehydes is 1. The average Bonchev–Trinajstić information content (AvgIpc) is 2.85. The molecule has 0 spiro atoms. The molecule has 0 fully saturated rings. The molecule has 0 saturated heterocycles. The molecule has 0 aliphatic rings. The van der Waals surface area contributed by atoms with Crippen molar-refractivity contribution in [1.82, 2.24) is 15.5 Å². The summed E-state index contributed by atoms with van der Waals surface area (Å²) in [4.78, 5) is 59.7. The number of allylic oxidation sites excluding steroid dienone is 1. The van der Waals surface area contributed by atoms with Crippen molar-refractivity contribution in [3.63, 3.8) is 0 Å². The van der Waals surface area contributed by atoms with Crippen LogP contribution in [-0.4, -0.2) is 61.0 Å². The monoisotopic (exact) mass is 588 g/mol. The van der Waals surface area contributed by atoms with Gasteiger partial charge in [-0.25, -0.2) is 0 Å². The molecule has 0 aromatic heterocycles. The first-order chi connectivity index (χ1) is 18.0. The van der Waals surface area contributed by atoms with E-state index in [1.165, 1.54) is 24.3 Å². The van der Waals surface area contributed by atoms with Crippen LogP contribution in [0.4, 0.5) is 5.69 Å². The van der Waals surface area contributed by atoms with Gasteiger partial charge in [-0.1, -0.05) is 49.9 Å². The summed E-state index contributed by atoms with van der Waals surface area (Å²) in [6.07, 6.45) is 6.37. The second kappa shape index (κ2) is 20.4. The fourth-order valence-corrected chi connectivity index (χ4v) is 4.02. The second-order valence-corrected chi connectivity index (χ2v) is 9.54. The number of nitrogens with zero attached hydrogens (tertiary/aromatic N) is 1. The number of likely N-dealkylation sites (N-methyl/N-ethyl adjacent to an activating group) is 1. The zero-order chi connectivity index (χ0) is 29.1. The summed E-state index contributed by atoms with van der Waals surface area (Å²) in [5.41, 5.74) is 1.04. The third kappa shape index (κ3) is 15.0. The summed E-state index contributed by atoms with van der Waals surface area (Å²) in [7, 11) is 1.63. The summed E-state index contributed by atoms with van der Waals surface area (Å²) in [5.74, 6) is -1.18. The first-order valence-electron chi connectivity index (χ1n) is 12.3. The van der Waals surface area contributed by atoms with E-state index in [4.69, 9.17) is 23.2 Å². The molecule has 38 heavy (non-hydrogen) atoms. The smallest absolute Gasteiger partial charge is 0.246 e. The Morgan fingerprint density at radius 2 is 1.66 bits per heavy atom. The standard InChI is InChI=1S/C23H30Cl2N4O5S.C3H8/c1-15(23(34)28-16-11-18(24)17(14-35)19(25)12-16)27-21(32)13-26-20(31)7-4-3-5-9-29(2)22(33)8-6-10-30;1-3-2/h6,8,10-12,15,35H,3-5,7,9,13-14H2,1-2H3,(H,26,31)(H,27,32)(H,28,34);3H2,1-2H3/b8-6-;. The van der Waals surface area contributed by atoms with Crippen LogP contribution in [-0.2, 0) is 29.7 Å². The van der Waals surface area contributed by atoms with Crippen molar-refractivity contribution in [1.29, 1.82) is 0 Å². The number of anilines is 1. The number of rotatable bonds is 14. The number of carbonyl (C=O) groups excluding carboxylic acids is 5. The summed E-state index contributed by atoms with van der Waals surface area (Å²) < 4.78 is 0. The van der Waals surface area contributed by atoms with Gasteiger partial charge in [0.05, 0.1) is 6.54 Å². The lowest BCUT2D eigenvalue weighted by Crippen LogP contribution is -2.45. The van der Waals surface area contributed by atoms with Crippen molar-refractivity contribution in [3.05, 3.63) is 39.9 Å². The molecule has 12 heteroatoms. The number of benzene rings is 1. The van der Waals surface area contributed by atoms with Gasteiger partial charge in [0.2, 0.25) is 23.6 Å². The van der Waals surface area contributed by atoms with Gasteiger partial charge in [-0.3, -0.25) is 24.0 Å². The van der Waals surface area contributed by atoms with Gasteiger partial charge in [0.15, 0.2) is 0 Å². The maximum absolute atomic E-state index is 12.3. The van der Waals surface area contributed by atoms with E-state index < -0.39 is 17.9 Å². The fourth-order valence-electron chi connectivity index (χ4n) is 2.87. The number of halogens is 2. The van der Waals surface area contributed by atoms with Crippen LogP contribution in [0.25, 0.3) is 0 Å². The topological polar surface area (TPSA) is 125 Å². The Kier molecular flexibility index (Phi) is 19.0. The molecule has 0 radical (unpaired) electrons. The summed E-state index contributed by atoms with van der Waals surface area (Å²) >= 11 is 16.4. The van der Waals surface area contributed by atoms with Crippen molar-refractivity contribution < 1.29 is 24.0 Å². The molecule has 0 heterocycles. The van der Waals surface area contributed by atoms with Crippen molar-refractivity contribution in [2.75, 3.05) is 25.5 Å². The van der Waals surface area contributed by atoms with Crippen molar-refractivity contribution in [2.24, 2.45) is 0 Å². The van der Waals surface area contributed by atoms with Gasteiger partial charge < -0.3 is 20.9 Å². The van der Waals surface area contributed by atoms with E-state index >= 15 is 0 Å². The molecule has 1 aromatic carbocycles. The third-order valence-electron chi connectivity index (χ3n) is 4.87. The SMILES string of the molecule is CC(NC(=O)CNC(=O)CCCCCN(C)C(=O)/C=C\C=O)C(=O)Nc1cc(Cl)c(CS)c(Cl)c1.CCC. The zero-order valence-corrected chi connectivity index (χ0v) is 24.7. The highest BCUT2D eigenvalue weighted by atomic mass is 35.5. The molecule has 9 nitrogen and oxygen atoms in total. The highest BCUT2D eigenvalue weighted by Crippen LogP contribution is 2.30. The van der Waals surface area contributed by atoms with Crippen LogP contribution in [0.1, 0.15) is 58.4 Å². The van der Waals surface area contributed by atoms with Crippen LogP contribution in [0.2, 0.25) is 10.0 Å². The van der Waals surface area contributed by atoms with Gasteiger partial charge in [-0.15, -0.1) is 0 Å². The lowest BCUT2D eigenvalue weighted by atomic mass is 10.2. The number of unbranched alkanes of at least 4 members (excludes halogenated alkanes) is 2. The lowest BCUT2D eigenvalue weighted by molar-refractivity contribution is -0.128. The Morgan fingerprint density at radius 1 is 1.05 bits per heavy atom. The Balaban J connectivity index is 0.00000434. The molecular formula is C26H38Cl2N4O5S. The third-order valence-corrected chi connectivity index (χ3v) is 5.87. The quantitative estimate of drug-likeness (QED) is 0.112. The average molecular weight is 590 g/mol. The number of nitrogens with one attached hydrogen (secondary N) is 3. The predicted octanol–water partition coefficient (Wildman–Crippen LogP) is 4.17. The fraction of sp³-hybridized carbons (Fsp3) is 0.500. The molecule has 3 N–H and O–H groups in total. The first kappa shape index (κ1) is 35.4. The zero-order valence-electron chi connectivity index (χ0n) is 22.3. The summed E-state index contributed by atoms with van der Waals surface area (Å²) in [5, 5.41) is 8.40. The van der Waals surface area contributed by atoms with Gasteiger partial charge in [-0.05, 0) is 43.5 Å². The van der Waals surface area contributed by atoms with E-state index in [9.17, 15) is 24.0 Å². The molecule has 1 atom stereocenters. The van der Waals surface area contributed by atoms with E-state index in [0.29, 0.717) is 52.7 Å². The number of hydrogen-bond acceptors (Lipinski definition) is 6. The maximum atomic E-state index is 12.3. The molecular weight excluding hydrogens is 551 g/mol. The van der Waals surface area contributed by atoms with E-state index in [2.05, 4.69) is 42.4 Å². The minimum atomic E-state index is -0.859. The highest BCUT2D eigenvalue weighted by Gasteiger charge is 2.17. The molecule has 0 saturated carbocycles. The molecule has 0 aliphatic heterocycles. The van der Waals surface area contributed by atoms with Crippen LogP contribution in [0.5, 0.6) is 0 Å². The van der Waals surface area contributed by atoms with E-state index in [-0.39, 0.29) is 24.8 Å². The normalized spacial score (nSPS) is 11.1. The maximum Gasteiger partial charge on any atom is 0.246 e. The molecule has 0 bridgehead atoms. The lowest BCUT2D eigenvalue weighted by Gasteiger charge is -2.16. The van der Waals surface area contributed by atoms with Crippen LogP contribution in [0, 0.1) is 0 Å². The number of amides is 4. The van der Waals surface area contributed by atoms with E-state index in [0.717, 1.165) is 12.5 Å². The van der Waals surface area contributed by atoms with Gasteiger partial charge in [0.1, 0.15) is 12.3 Å². The van der Waals surface area contributed by atoms with Gasteiger partial charge in [0, 0.05) is 47.6 Å². The minimum absolute atomic E-state index is 0.232. The van der Waals surface area contributed by atoms with Gasteiger partial charge in [-0.2, -0.15) is 12.6 Å². The summed E-state index contributed by atoms with van der Waals surface area (Å²) in [6, 6.07) is 2.24. The predicted molar refractivity (Wildman–Crippen MR) is 156 cm³/mol. The Bertz CT molecular complexity index is 952. The molecule has 212 valence electrons. The largest absolute Gasteiger partial charge is 0.347 e. The van der Waals surface area contributed by atoms with Gasteiger partial charge >= 0.3 is 0 Å². The van der Waals surface area contributed by atoms with Crippen LogP contribution in [0.3, 0.4) is 0 Å². The molecule has 1 unspecified atom stereocenters. The van der Waals surface area contributed by atoms with Crippen molar-refractivity contribution in [3.8, 4) is 0 Å². The molecule has 4 amide bonds. The van der Waals surface area contributed by atoms with Crippen molar-refractivity contribution >= 4 is 71.4 Å². The number of thiol groups is 1. The van der Waals surface area contributed by atoms with Crippen LogP contribution >= 0.6 is 35.8 Å². The van der Waals surface area contributed by atoms with Crippen LogP contribution < -0.4 is 16.0 Å². The van der Waals surface area contributed by atoms with Crippen LogP contribution in [0.15, 0.2) is 24.3 Å². The second-order valence-electron chi connectivity index (χ2n) is 8.40. The Morgan fingerprint density at radius 3 is 2.21 bits per heavy atom. The van der Waals surface area contributed by atoms with E-state index in [1.54, 1.807) is 19.2 Å². The number of hydrogen-bond donors (Lipinski definition) is 4. The van der Waals surface area contributed by atoms with Gasteiger partial charge in [0.25, 0.3) is 0 Å². The molecule has 0 aliphatic carbocycles. The Hall–Kier alpha value is -2.56. The molecule has 1 rings (SSSR count). The first-order valence-corrected chi connectivity index (χ1v) is 13.7.